The summed E-state index contributed by atoms with van der Waals surface area (Å²) in [5.74, 6) is 1.44. The molecule has 0 radical (unpaired) electrons. The molecule has 1 aliphatic rings. The van der Waals surface area contributed by atoms with Gasteiger partial charge in [0.2, 0.25) is 5.91 Å². The van der Waals surface area contributed by atoms with Crippen LogP contribution < -0.4 is 5.32 Å². The van der Waals surface area contributed by atoms with Gasteiger partial charge in [0.05, 0.1) is 0 Å². The molecule has 0 saturated carbocycles. The Bertz CT molecular complexity index is 720. The quantitative estimate of drug-likeness (QED) is 0.664. The average Bonchev–Trinajstić information content (AvgIpc) is 3.16. The second-order valence-corrected chi connectivity index (χ2v) is 7.69. The molecule has 5 nitrogen and oxygen atoms in total. The molecular weight excluding hydrogens is 374 g/mol. The third-order valence-corrected chi connectivity index (χ3v) is 5.39. The summed E-state index contributed by atoms with van der Waals surface area (Å²) in [5, 5.41) is 7.57. The van der Waals surface area contributed by atoms with Crippen molar-refractivity contribution < 1.29 is 9.32 Å². The zero-order valence-corrected chi connectivity index (χ0v) is 17.7. The highest BCUT2D eigenvalue weighted by Crippen LogP contribution is 2.20. The molecule has 0 bridgehead atoms. The summed E-state index contributed by atoms with van der Waals surface area (Å²) in [4.78, 5) is 14.5. The first-order chi connectivity index (χ1) is 13.1. The molecule has 2 aromatic rings. The maximum atomic E-state index is 12.5. The van der Waals surface area contributed by atoms with E-state index in [9.17, 15) is 4.79 Å². The smallest absolute Gasteiger partial charge is 0.225 e. The minimum atomic E-state index is 0. The van der Waals surface area contributed by atoms with Crippen LogP contribution in [0.15, 0.2) is 40.9 Å². The van der Waals surface area contributed by atoms with E-state index in [0.717, 1.165) is 68.6 Å². The van der Waals surface area contributed by atoms with Crippen LogP contribution in [0.4, 0.5) is 0 Å². The van der Waals surface area contributed by atoms with E-state index in [1.807, 2.05) is 48.3 Å². The minimum Gasteiger partial charge on any atom is -0.361 e. The number of rotatable bonds is 8. The Balaban J connectivity index is 0.00000280. The van der Waals surface area contributed by atoms with Gasteiger partial charge in [0.25, 0.3) is 0 Å². The number of carbonyl (C=O) groups excluding carboxylic acids is 1. The fraction of sp³-hybridized carbons (Fsp3) is 0.545. The number of nitrogens with one attached hydrogen (secondary N) is 1. The molecule has 1 N–H and O–H groups in total. The number of carbonyl (C=O) groups is 1. The van der Waals surface area contributed by atoms with Gasteiger partial charge in [0.1, 0.15) is 11.5 Å². The van der Waals surface area contributed by atoms with Crippen molar-refractivity contribution in [1.29, 1.82) is 0 Å². The Morgan fingerprint density at radius 3 is 2.79 bits per heavy atom. The summed E-state index contributed by atoms with van der Waals surface area (Å²) >= 11 is 0. The highest BCUT2D eigenvalue weighted by atomic mass is 35.5. The number of halogens is 1. The lowest BCUT2D eigenvalue weighted by atomic mass is 9.92. The van der Waals surface area contributed by atoms with Crippen molar-refractivity contribution in [2.24, 2.45) is 5.92 Å². The molecule has 1 fully saturated rings. The van der Waals surface area contributed by atoms with Crippen molar-refractivity contribution in [3.05, 3.63) is 42.2 Å². The van der Waals surface area contributed by atoms with Gasteiger partial charge in [-0.05, 0) is 39.2 Å². The Hall–Kier alpha value is -1.85. The van der Waals surface area contributed by atoms with E-state index in [1.165, 1.54) is 0 Å². The lowest BCUT2D eigenvalue weighted by Gasteiger charge is -2.30. The first-order valence-corrected chi connectivity index (χ1v) is 10.1. The minimum absolute atomic E-state index is 0. The number of aryl methyl sites for hydroxylation is 1. The summed E-state index contributed by atoms with van der Waals surface area (Å²) in [6, 6.07) is 12.6. The van der Waals surface area contributed by atoms with Crippen molar-refractivity contribution >= 4 is 18.3 Å². The van der Waals surface area contributed by atoms with E-state index in [1.54, 1.807) is 0 Å². The second-order valence-electron chi connectivity index (χ2n) is 7.69. The van der Waals surface area contributed by atoms with Gasteiger partial charge in [-0.15, -0.1) is 12.4 Å². The van der Waals surface area contributed by atoms with Gasteiger partial charge in [0.15, 0.2) is 0 Å². The second kappa shape index (κ2) is 11.2. The number of amides is 1. The Morgan fingerprint density at radius 1 is 1.25 bits per heavy atom. The number of unbranched alkanes of at least 4 members (excludes halogenated alkanes) is 2. The van der Waals surface area contributed by atoms with Crippen LogP contribution in [0.3, 0.4) is 0 Å². The van der Waals surface area contributed by atoms with E-state index in [-0.39, 0.29) is 18.3 Å². The molecular formula is C22H32ClN3O2. The fourth-order valence-corrected chi connectivity index (χ4v) is 3.78. The maximum absolute atomic E-state index is 12.5. The molecule has 2 atom stereocenters. The van der Waals surface area contributed by atoms with Crippen LogP contribution in [0.1, 0.15) is 44.8 Å². The predicted molar refractivity (Wildman–Crippen MR) is 115 cm³/mol. The largest absolute Gasteiger partial charge is 0.361 e. The van der Waals surface area contributed by atoms with Crippen molar-refractivity contribution in [2.45, 2.75) is 51.5 Å². The molecule has 0 spiro atoms. The number of benzene rings is 1. The summed E-state index contributed by atoms with van der Waals surface area (Å²) in [5.41, 5.74) is 1.98. The van der Waals surface area contributed by atoms with Gasteiger partial charge in [0, 0.05) is 43.6 Å². The number of hydrogen-bond acceptors (Lipinski definition) is 4. The average molecular weight is 406 g/mol. The topological polar surface area (TPSA) is 58.4 Å². The fourth-order valence-electron chi connectivity index (χ4n) is 3.78. The van der Waals surface area contributed by atoms with Gasteiger partial charge in [-0.1, -0.05) is 41.9 Å². The molecule has 1 aliphatic heterocycles. The van der Waals surface area contributed by atoms with Gasteiger partial charge >= 0.3 is 0 Å². The Labute approximate surface area is 174 Å². The number of nitrogens with zero attached hydrogens (tertiary/aromatic N) is 2. The van der Waals surface area contributed by atoms with Crippen molar-refractivity contribution in [3.8, 4) is 11.3 Å². The van der Waals surface area contributed by atoms with Crippen LogP contribution in [0.25, 0.3) is 11.3 Å². The van der Waals surface area contributed by atoms with Crippen molar-refractivity contribution in [3.63, 3.8) is 0 Å². The zero-order chi connectivity index (χ0) is 19.1. The summed E-state index contributed by atoms with van der Waals surface area (Å²) in [7, 11) is 1.94. The molecule has 1 saturated heterocycles. The van der Waals surface area contributed by atoms with Gasteiger partial charge < -0.3 is 14.7 Å². The molecule has 6 heteroatoms. The van der Waals surface area contributed by atoms with E-state index in [4.69, 9.17) is 4.52 Å². The predicted octanol–water partition coefficient (Wildman–Crippen LogP) is 4.32. The number of piperidine rings is 1. The number of hydrogen-bond donors (Lipinski definition) is 1. The first-order valence-electron chi connectivity index (χ1n) is 10.1. The molecule has 1 aromatic heterocycles. The van der Waals surface area contributed by atoms with Gasteiger partial charge in [-0.2, -0.15) is 0 Å². The van der Waals surface area contributed by atoms with E-state index in [2.05, 4.69) is 17.4 Å². The maximum Gasteiger partial charge on any atom is 0.225 e. The number of aromatic nitrogens is 1. The molecule has 0 unspecified atom stereocenters. The van der Waals surface area contributed by atoms with Crippen LogP contribution >= 0.6 is 12.4 Å². The monoisotopic (exact) mass is 405 g/mol. The van der Waals surface area contributed by atoms with Crippen molar-refractivity contribution in [2.75, 3.05) is 20.1 Å². The SMILES string of the molecule is C[C@H]1C[C@@H](C(=O)N(C)CCCCCc2cc(-c3ccccc3)no2)CCN1.Cl. The van der Waals surface area contributed by atoms with Crippen LogP contribution in [0.5, 0.6) is 0 Å². The lowest BCUT2D eigenvalue weighted by molar-refractivity contribution is -0.135. The van der Waals surface area contributed by atoms with E-state index >= 15 is 0 Å². The highest BCUT2D eigenvalue weighted by molar-refractivity contribution is 5.85. The normalized spacial score (nSPS) is 19.1. The standard InChI is InChI=1S/C22H31N3O2.ClH/c1-17-15-19(12-13-23-17)22(26)25(2)14-8-4-7-11-20-16-21(24-27-20)18-9-5-3-6-10-18;/h3,5-6,9-10,16-17,19,23H,4,7-8,11-15H2,1-2H3;1H/t17-,19-;/m0./s1. The Kier molecular flexibility index (Phi) is 9.00. The Morgan fingerprint density at radius 2 is 2.04 bits per heavy atom. The van der Waals surface area contributed by atoms with Crippen LogP contribution in [0, 0.1) is 5.92 Å². The first kappa shape index (κ1) is 22.4. The molecule has 154 valence electrons. The molecule has 0 aliphatic carbocycles. The highest BCUT2D eigenvalue weighted by Gasteiger charge is 2.26. The van der Waals surface area contributed by atoms with Crippen LogP contribution in [0.2, 0.25) is 0 Å². The van der Waals surface area contributed by atoms with Gasteiger partial charge in [-0.25, -0.2) is 0 Å². The molecule has 3 rings (SSSR count). The third-order valence-electron chi connectivity index (χ3n) is 5.39. The summed E-state index contributed by atoms with van der Waals surface area (Å²) in [6.45, 7) is 3.95. The molecule has 2 heterocycles. The summed E-state index contributed by atoms with van der Waals surface area (Å²) in [6.07, 6.45) is 5.98. The zero-order valence-electron chi connectivity index (χ0n) is 16.9. The molecule has 28 heavy (non-hydrogen) atoms. The lowest BCUT2D eigenvalue weighted by Crippen LogP contribution is -2.43. The van der Waals surface area contributed by atoms with Crippen LogP contribution in [-0.4, -0.2) is 42.1 Å². The van der Waals surface area contributed by atoms with Gasteiger partial charge in [-0.3, -0.25) is 4.79 Å². The molecule has 1 aromatic carbocycles. The van der Waals surface area contributed by atoms with E-state index in [0.29, 0.717) is 11.9 Å². The van der Waals surface area contributed by atoms with Crippen molar-refractivity contribution in [1.82, 2.24) is 15.4 Å². The van der Waals surface area contributed by atoms with Crippen LogP contribution in [-0.2, 0) is 11.2 Å². The third kappa shape index (κ3) is 6.35. The van der Waals surface area contributed by atoms with E-state index < -0.39 is 0 Å². The summed E-state index contributed by atoms with van der Waals surface area (Å²) < 4.78 is 5.45. The molecule has 1 amide bonds.